The Hall–Kier alpha value is -2.17. The Morgan fingerprint density at radius 3 is 2.42 bits per heavy atom. The summed E-state index contributed by atoms with van der Waals surface area (Å²) in [5.41, 5.74) is 2.38. The Bertz CT molecular complexity index is 785. The zero-order chi connectivity index (χ0) is 17.3. The highest BCUT2D eigenvalue weighted by Crippen LogP contribution is 2.41. The van der Waals surface area contributed by atoms with Gasteiger partial charge in [0.05, 0.1) is 14.2 Å². The van der Waals surface area contributed by atoms with Crippen molar-refractivity contribution in [3.05, 3.63) is 58.1 Å². The molecule has 0 spiro atoms. The fourth-order valence-corrected chi connectivity index (χ4v) is 2.96. The summed E-state index contributed by atoms with van der Waals surface area (Å²) in [7, 11) is 3.17. The molecule has 0 fully saturated rings. The third kappa shape index (κ3) is 2.95. The lowest BCUT2D eigenvalue weighted by atomic mass is 9.91. The van der Waals surface area contributed by atoms with Gasteiger partial charge < -0.3 is 19.3 Å². The van der Waals surface area contributed by atoms with E-state index in [-0.39, 0.29) is 0 Å². The molecule has 0 amide bonds. The van der Waals surface area contributed by atoms with Crippen molar-refractivity contribution in [1.29, 1.82) is 0 Å². The van der Waals surface area contributed by atoms with Crippen LogP contribution in [0.2, 0.25) is 5.02 Å². The largest absolute Gasteiger partial charge is 0.496 e. The van der Waals surface area contributed by atoms with E-state index in [1.54, 1.807) is 32.4 Å². The van der Waals surface area contributed by atoms with E-state index in [0.29, 0.717) is 27.8 Å². The second kappa shape index (κ2) is 6.75. The first-order valence-electron chi connectivity index (χ1n) is 7.59. The van der Waals surface area contributed by atoms with Crippen molar-refractivity contribution in [2.45, 2.75) is 19.1 Å². The van der Waals surface area contributed by atoms with Crippen molar-refractivity contribution in [2.75, 3.05) is 14.2 Å². The Kier molecular flexibility index (Phi) is 4.69. The zero-order valence-electron chi connectivity index (χ0n) is 13.7. The van der Waals surface area contributed by atoms with E-state index in [0.717, 1.165) is 11.1 Å². The van der Waals surface area contributed by atoms with E-state index in [1.165, 1.54) is 0 Å². The molecule has 24 heavy (non-hydrogen) atoms. The highest BCUT2D eigenvalue weighted by atomic mass is 35.5. The van der Waals surface area contributed by atoms with E-state index in [1.807, 2.05) is 31.2 Å². The molecular weight excluding hydrogens is 328 g/mol. The predicted octanol–water partition coefficient (Wildman–Crippen LogP) is 4.17. The molecule has 0 radical (unpaired) electrons. The van der Waals surface area contributed by atoms with Crippen LogP contribution in [0.4, 0.5) is 0 Å². The summed E-state index contributed by atoms with van der Waals surface area (Å²) < 4.78 is 16.7. The van der Waals surface area contributed by atoms with Gasteiger partial charge in [-0.1, -0.05) is 17.7 Å². The molecule has 0 saturated carbocycles. The van der Waals surface area contributed by atoms with Gasteiger partial charge in [-0.2, -0.15) is 0 Å². The van der Waals surface area contributed by atoms with Crippen LogP contribution in [0.1, 0.15) is 22.8 Å². The molecule has 0 saturated heterocycles. The standard InChI is InChI=1S/C19H19ClO4/c1-11-10-12(4-6-14(11)20)24-17-7-5-13-15(22-2)8-9-16(23-3)18(13)19(17)21/h4-10,17,19,21H,1-3H3/t17-,19+/m0/s1. The molecule has 0 unspecified atom stereocenters. The van der Waals surface area contributed by atoms with Gasteiger partial charge in [0, 0.05) is 16.1 Å². The minimum Gasteiger partial charge on any atom is -0.496 e. The minimum absolute atomic E-state index is 0.529. The van der Waals surface area contributed by atoms with Crippen LogP contribution < -0.4 is 14.2 Å². The first-order chi connectivity index (χ1) is 11.5. The molecular formula is C19H19ClO4. The van der Waals surface area contributed by atoms with Gasteiger partial charge in [-0.3, -0.25) is 0 Å². The number of benzene rings is 2. The van der Waals surface area contributed by atoms with Crippen molar-refractivity contribution in [1.82, 2.24) is 0 Å². The van der Waals surface area contributed by atoms with E-state index in [9.17, 15) is 5.11 Å². The first kappa shape index (κ1) is 16.7. The van der Waals surface area contributed by atoms with Crippen LogP contribution in [0.25, 0.3) is 6.08 Å². The van der Waals surface area contributed by atoms with E-state index < -0.39 is 12.2 Å². The predicted molar refractivity (Wildman–Crippen MR) is 94.1 cm³/mol. The lowest BCUT2D eigenvalue weighted by molar-refractivity contribution is 0.0601. The average molecular weight is 347 g/mol. The molecule has 0 bridgehead atoms. The number of hydrogen-bond donors (Lipinski definition) is 1. The minimum atomic E-state index is -0.869. The molecule has 3 rings (SSSR count). The van der Waals surface area contributed by atoms with Gasteiger partial charge >= 0.3 is 0 Å². The van der Waals surface area contributed by atoms with Crippen molar-refractivity contribution in [3.8, 4) is 17.2 Å². The second-order valence-electron chi connectivity index (χ2n) is 5.59. The second-order valence-corrected chi connectivity index (χ2v) is 6.00. The van der Waals surface area contributed by atoms with E-state index in [2.05, 4.69) is 0 Å². The zero-order valence-corrected chi connectivity index (χ0v) is 14.5. The summed E-state index contributed by atoms with van der Waals surface area (Å²) in [6.07, 6.45) is 2.31. The molecule has 2 aromatic carbocycles. The third-order valence-corrected chi connectivity index (χ3v) is 4.53. The van der Waals surface area contributed by atoms with Crippen LogP contribution in [0.15, 0.2) is 36.4 Å². The number of hydrogen-bond acceptors (Lipinski definition) is 4. The fourth-order valence-electron chi connectivity index (χ4n) is 2.84. The number of aliphatic hydroxyl groups is 1. The molecule has 0 aliphatic heterocycles. The summed E-state index contributed by atoms with van der Waals surface area (Å²) in [4.78, 5) is 0. The quantitative estimate of drug-likeness (QED) is 0.902. The highest BCUT2D eigenvalue weighted by Gasteiger charge is 2.31. The van der Waals surface area contributed by atoms with Gasteiger partial charge in [-0.15, -0.1) is 0 Å². The summed E-state index contributed by atoms with van der Waals surface area (Å²) in [5.74, 6) is 1.93. The van der Waals surface area contributed by atoms with Gasteiger partial charge in [-0.05, 0) is 48.9 Å². The summed E-state index contributed by atoms with van der Waals surface area (Å²) in [6.45, 7) is 1.91. The molecule has 2 atom stereocenters. The summed E-state index contributed by atoms with van der Waals surface area (Å²) >= 11 is 6.04. The topological polar surface area (TPSA) is 47.9 Å². The normalized spacial score (nSPS) is 18.9. The third-order valence-electron chi connectivity index (χ3n) is 4.11. The molecule has 4 nitrogen and oxygen atoms in total. The number of methoxy groups -OCH3 is 2. The summed E-state index contributed by atoms with van der Waals surface area (Å²) in [5, 5.41) is 11.5. The molecule has 1 aliphatic rings. The fraction of sp³-hybridized carbons (Fsp3) is 0.263. The number of fused-ring (bicyclic) bond motifs is 1. The van der Waals surface area contributed by atoms with E-state index >= 15 is 0 Å². The molecule has 1 aliphatic carbocycles. The molecule has 1 N–H and O–H groups in total. The van der Waals surface area contributed by atoms with Crippen molar-refractivity contribution in [2.24, 2.45) is 0 Å². The molecule has 0 heterocycles. The number of rotatable bonds is 4. The number of aliphatic hydroxyl groups excluding tert-OH is 1. The van der Waals surface area contributed by atoms with Gasteiger partial charge in [0.2, 0.25) is 0 Å². The maximum atomic E-state index is 10.8. The van der Waals surface area contributed by atoms with E-state index in [4.69, 9.17) is 25.8 Å². The SMILES string of the molecule is COc1ccc(OC)c2c1C=C[C@H](Oc1ccc(Cl)c(C)c1)[C@H]2O. The molecule has 126 valence electrons. The molecule has 2 aromatic rings. The Morgan fingerprint density at radius 1 is 1.04 bits per heavy atom. The summed E-state index contributed by atoms with van der Waals surface area (Å²) in [6, 6.07) is 9.01. The van der Waals surface area contributed by atoms with Gasteiger partial charge in [0.1, 0.15) is 29.5 Å². The lowest BCUT2D eigenvalue weighted by Gasteiger charge is -2.28. The molecule has 5 heteroatoms. The number of ether oxygens (including phenoxy) is 3. The van der Waals surface area contributed by atoms with Crippen LogP contribution in [0.5, 0.6) is 17.2 Å². The Balaban J connectivity index is 1.94. The number of aryl methyl sites for hydroxylation is 1. The first-order valence-corrected chi connectivity index (χ1v) is 7.97. The maximum Gasteiger partial charge on any atom is 0.147 e. The van der Waals surface area contributed by atoms with Gasteiger partial charge in [0.25, 0.3) is 0 Å². The van der Waals surface area contributed by atoms with Gasteiger partial charge in [0.15, 0.2) is 0 Å². The van der Waals surface area contributed by atoms with Crippen LogP contribution in [-0.2, 0) is 0 Å². The Morgan fingerprint density at radius 2 is 1.75 bits per heavy atom. The number of halogens is 1. The lowest BCUT2D eigenvalue weighted by Crippen LogP contribution is -2.26. The molecule has 0 aromatic heterocycles. The van der Waals surface area contributed by atoms with Crippen LogP contribution in [-0.4, -0.2) is 25.4 Å². The van der Waals surface area contributed by atoms with Gasteiger partial charge in [-0.25, -0.2) is 0 Å². The highest BCUT2D eigenvalue weighted by molar-refractivity contribution is 6.31. The van der Waals surface area contributed by atoms with Crippen LogP contribution >= 0.6 is 11.6 Å². The van der Waals surface area contributed by atoms with Crippen molar-refractivity contribution < 1.29 is 19.3 Å². The average Bonchev–Trinajstić information content (AvgIpc) is 2.59. The maximum absolute atomic E-state index is 10.8. The van der Waals surface area contributed by atoms with Crippen LogP contribution in [0, 0.1) is 6.92 Å². The monoisotopic (exact) mass is 346 g/mol. The van der Waals surface area contributed by atoms with Crippen molar-refractivity contribution in [3.63, 3.8) is 0 Å². The smallest absolute Gasteiger partial charge is 0.147 e. The van der Waals surface area contributed by atoms with Crippen molar-refractivity contribution >= 4 is 17.7 Å². The van der Waals surface area contributed by atoms with Crippen LogP contribution in [0.3, 0.4) is 0 Å². The Labute approximate surface area is 146 Å².